The molecule has 0 spiro atoms. The molecule has 176 valence electrons. The van der Waals surface area contributed by atoms with Crippen LogP contribution in [0.2, 0.25) is 0 Å². The van der Waals surface area contributed by atoms with Crippen molar-refractivity contribution in [2.45, 2.75) is 33.6 Å². The van der Waals surface area contributed by atoms with Crippen molar-refractivity contribution < 1.29 is 14.1 Å². The molecule has 0 unspecified atom stereocenters. The van der Waals surface area contributed by atoms with Crippen molar-refractivity contribution in [2.75, 3.05) is 25.4 Å². The van der Waals surface area contributed by atoms with E-state index in [4.69, 9.17) is 0 Å². The summed E-state index contributed by atoms with van der Waals surface area (Å²) in [5.74, 6) is -0.314. The summed E-state index contributed by atoms with van der Waals surface area (Å²) in [5.41, 5.74) is 1.17. The predicted molar refractivity (Wildman–Crippen MR) is 132 cm³/mol. The molecule has 3 aromatic rings. The molecule has 1 saturated heterocycles. The van der Waals surface area contributed by atoms with Gasteiger partial charge in [-0.05, 0) is 0 Å². The van der Waals surface area contributed by atoms with Gasteiger partial charge in [-0.1, -0.05) is 0 Å². The maximum absolute atomic E-state index is 14.9. The molecule has 2 aromatic carbocycles. The minimum absolute atomic E-state index is 0.0868. The summed E-state index contributed by atoms with van der Waals surface area (Å²) in [6, 6.07) is 12.1. The van der Waals surface area contributed by atoms with E-state index in [1.165, 1.54) is 6.07 Å². The number of carbonyl (C=O) groups excluding carboxylic acids is 1. The van der Waals surface area contributed by atoms with E-state index in [0.29, 0.717) is 54.6 Å². The van der Waals surface area contributed by atoms with Crippen LogP contribution in [0.5, 0.6) is 0 Å². The van der Waals surface area contributed by atoms with Crippen molar-refractivity contribution in [1.29, 1.82) is 0 Å². The predicted octanol–water partition coefficient (Wildman–Crippen LogP) is 3.21. The molecule has 1 fully saturated rings. The molecule has 6 nitrogen and oxygen atoms in total. The molecule has 2 N–H and O–H groups in total. The summed E-state index contributed by atoms with van der Waals surface area (Å²) in [6.45, 7) is 6.99. The molecule has 1 aromatic heterocycles. The average molecular weight is 472 g/mol. The van der Waals surface area contributed by atoms with Gasteiger partial charge in [-0.3, -0.25) is 0 Å². The second kappa shape index (κ2) is 8.96. The molecule has 1 aliphatic rings. The third-order valence-electron chi connectivity index (χ3n) is 6.30. The van der Waals surface area contributed by atoms with Gasteiger partial charge < -0.3 is 0 Å². The van der Waals surface area contributed by atoms with Gasteiger partial charge in [0.1, 0.15) is 0 Å². The Balaban J connectivity index is 1.56. The van der Waals surface area contributed by atoms with Crippen LogP contribution in [-0.4, -0.2) is 51.3 Å². The van der Waals surface area contributed by atoms with Crippen molar-refractivity contribution in [3.8, 4) is 0 Å². The van der Waals surface area contributed by atoms with Gasteiger partial charge in [-0.15, -0.1) is 0 Å². The van der Waals surface area contributed by atoms with E-state index in [-0.39, 0.29) is 16.9 Å². The topological polar surface area (TPSA) is 86.3 Å². The Kier molecular flexibility index (Phi) is 6.39. The molecule has 0 bridgehead atoms. The normalized spacial score (nSPS) is 17.2. The zero-order valence-corrected chi connectivity index (χ0v) is 20.3. The fourth-order valence-electron chi connectivity index (χ4n) is 4.50. The first kappa shape index (κ1) is 23.5. The molecule has 4 rings (SSSR count). The fourth-order valence-corrected chi connectivity index (χ4v) is 7.55. The van der Waals surface area contributed by atoms with E-state index in [9.17, 15) is 18.9 Å². The Morgan fingerprint density at radius 3 is 2.48 bits per heavy atom. The van der Waals surface area contributed by atoms with Gasteiger partial charge in [0.15, 0.2) is 0 Å². The fraction of sp³-hybridized carbons (Fsp3) is 0.400. The Morgan fingerprint density at radius 1 is 1.15 bits per heavy atom. The zero-order valence-electron chi connectivity index (χ0n) is 19.3. The standard InChI is InChI=1S/C25H31FN3O3P/c1-25(2,3)16-23(30)29-10-12-33(32,13-11-29)22-15-17(8-9-20(22)26)14-21-18-6-4-5-7-19(18)24(31)28-27-21/h4-9,15,32-33H,10-14,16H2,1-3H3,(H,28,31). The van der Waals surface area contributed by atoms with Crippen LogP contribution < -0.4 is 10.9 Å². The zero-order chi connectivity index (χ0) is 23.8. The number of amides is 1. The van der Waals surface area contributed by atoms with Crippen molar-refractivity contribution in [3.05, 3.63) is 69.9 Å². The Morgan fingerprint density at radius 2 is 1.82 bits per heavy atom. The number of aromatic amines is 1. The Hall–Kier alpha value is -2.63. The van der Waals surface area contributed by atoms with E-state index in [1.807, 2.05) is 32.9 Å². The summed E-state index contributed by atoms with van der Waals surface area (Å²) >= 11 is 0. The van der Waals surface area contributed by atoms with E-state index < -0.39 is 13.3 Å². The number of halogens is 1. The van der Waals surface area contributed by atoms with Gasteiger partial charge in [0.2, 0.25) is 0 Å². The van der Waals surface area contributed by atoms with Crippen molar-refractivity contribution in [1.82, 2.24) is 15.1 Å². The molecule has 1 amide bonds. The third kappa shape index (κ3) is 5.15. The van der Waals surface area contributed by atoms with Crippen LogP contribution in [0.3, 0.4) is 0 Å². The van der Waals surface area contributed by atoms with Gasteiger partial charge in [0.25, 0.3) is 0 Å². The molecule has 1 aliphatic heterocycles. The SMILES string of the molecule is CC(C)(C)CC(=O)N1CC[PH](O)(c2cc(Cc3n[nH]c(=O)c4ccccc34)ccc2F)CC1. The monoisotopic (exact) mass is 471 g/mol. The van der Waals surface area contributed by atoms with Gasteiger partial charge >= 0.3 is 193 Å². The summed E-state index contributed by atoms with van der Waals surface area (Å²) in [6.07, 6.45) is 1.70. The number of nitrogens with one attached hydrogen (secondary N) is 1. The van der Waals surface area contributed by atoms with Gasteiger partial charge in [-0.25, -0.2) is 0 Å². The first-order valence-electron chi connectivity index (χ1n) is 11.3. The number of aromatic nitrogens is 2. The molecule has 0 saturated carbocycles. The molecular formula is C25H31FN3O3P. The van der Waals surface area contributed by atoms with Crippen LogP contribution in [0.1, 0.15) is 38.4 Å². The van der Waals surface area contributed by atoms with Gasteiger partial charge in [-0.2, -0.15) is 0 Å². The number of carbonyl (C=O) groups is 1. The first-order chi connectivity index (χ1) is 15.6. The van der Waals surface area contributed by atoms with Crippen LogP contribution in [0, 0.1) is 11.2 Å². The second-order valence-corrected chi connectivity index (χ2v) is 13.8. The molecule has 0 radical (unpaired) electrons. The van der Waals surface area contributed by atoms with Crippen LogP contribution >= 0.6 is 7.49 Å². The van der Waals surface area contributed by atoms with Gasteiger partial charge in [0.05, 0.1) is 0 Å². The molecule has 0 atom stereocenters. The summed E-state index contributed by atoms with van der Waals surface area (Å²) in [4.78, 5) is 37.9. The van der Waals surface area contributed by atoms with E-state index in [2.05, 4.69) is 10.2 Å². The number of benzene rings is 2. The molecule has 8 heteroatoms. The first-order valence-corrected chi connectivity index (χ1v) is 13.7. The van der Waals surface area contributed by atoms with E-state index >= 15 is 0 Å². The summed E-state index contributed by atoms with van der Waals surface area (Å²) in [7, 11) is -3.06. The van der Waals surface area contributed by atoms with E-state index in [0.717, 1.165) is 10.9 Å². The summed E-state index contributed by atoms with van der Waals surface area (Å²) in [5, 5.41) is 8.45. The number of hydrogen-bond acceptors (Lipinski definition) is 4. The Labute approximate surface area is 193 Å². The van der Waals surface area contributed by atoms with Crippen LogP contribution in [0.15, 0.2) is 47.3 Å². The summed E-state index contributed by atoms with van der Waals surface area (Å²) < 4.78 is 14.9. The van der Waals surface area contributed by atoms with Crippen molar-refractivity contribution >= 4 is 29.5 Å². The van der Waals surface area contributed by atoms with Crippen LogP contribution in [0.4, 0.5) is 4.39 Å². The second-order valence-electron chi connectivity index (χ2n) is 10.2. The van der Waals surface area contributed by atoms with Crippen molar-refractivity contribution in [3.63, 3.8) is 0 Å². The average Bonchev–Trinajstić information content (AvgIpc) is 2.76. The number of hydrogen-bond donors (Lipinski definition) is 2. The number of fused-ring (bicyclic) bond motifs is 1. The molecule has 33 heavy (non-hydrogen) atoms. The Bertz CT molecular complexity index is 1240. The number of nitrogens with zero attached hydrogens (tertiary/aromatic N) is 2. The van der Waals surface area contributed by atoms with E-state index in [1.54, 1.807) is 29.2 Å². The van der Waals surface area contributed by atoms with Crippen LogP contribution in [0.25, 0.3) is 10.8 Å². The molecule has 0 aliphatic carbocycles. The minimum atomic E-state index is -3.06. The number of H-pyrrole nitrogens is 1. The van der Waals surface area contributed by atoms with Crippen molar-refractivity contribution in [2.24, 2.45) is 5.41 Å². The number of rotatable bonds is 4. The maximum atomic E-state index is 14.9. The molecule has 2 heterocycles. The van der Waals surface area contributed by atoms with Crippen LogP contribution in [-0.2, 0) is 11.2 Å². The quantitative estimate of drug-likeness (QED) is 0.573. The molecular weight excluding hydrogens is 440 g/mol. The third-order valence-corrected chi connectivity index (χ3v) is 9.79. The van der Waals surface area contributed by atoms with Gasteiger partial charge in [0, 0.05) is 0 Å².